The maximum Gasteiger partial charge on any atom is 0.230 e. The van der Waals surface area contributed by atoms with E-state index in [0.29, 0.717) is 0 Å². The van der Waals surface area contributed by atoms with Gasteiger partial charge in [0, 0.05) is 39.7 Å². The predicted octanol–water partition coefficient (Wildman–Crippen LogP) is 4.39. The molecular formula is C22H21N3OS2. The lowest BCUT2D eigenvalue weighted by molar-refractivity contribution is -0.122. The van der Waals surface area contributed by atoms with Gasteiger partial charge in [0.1, 0.15) is 5.01 Å². The fourth-order valence-electron chi connectivity index (χ4n) is 4.29. The van der Waals surface area contributed by atoms with Gasteiger partial charge < -0.3 is 4.90 Å². The average Bonchev–Trinajstić information content (AvgIpc) is 3.43. The molecule has 0 saturated heterocycles. The van der Waals surface area contributed by atoms with Gasteiger partial charge in [-0.05, 0) is 73.0 Å². The smallest absolute Gasteiger partial charge is 0.230 e. The van der Waals surface area contributed by atoms with Crippen molar-refractivity contribution in [1.82, 2.24) is 4.98 Å². The molecule has 2 aliphatic rings. The zero-order valence-corrected chi connectivity index (χ0v) is 17.3. The third-order valence-electron chi connectivity index (χ3n) is 5.71. The minimum atomic E-state index is 0.0171. The molecule has 4 nitrogen and oxygen atoms in total. The first-order chi connectivity index (χ1) is 13.6. The maximum absolute atomic E-state index is 13.3. The molecule has 0 spiro atoms. The van der Waals surface area contributed by atoms with Gasteiger partial charge in [0.25, 0.3) is 0 Å². The van der Waals surface area contributed by atoms with E-state index < -0.39 is 0 Å². The minimum absolute atomic E-state index is 0.0171. The summed E-state index contributed by atoms with van der Waals surface area (Å²) in [6, 6.07) is 12.7. The van der Waals surface area contributed by atoms with E-state index in [4.69, 9.17) is 5.14 Å². The molecule has 28 heavy (non-hydrogen) atoms. The second kappa shape index (κ2) is 7.03. The van der Waals surface area contributed by atoms with Crippen LogP contribution in [0.1, 0.15) is 22.4 Å². The normalized spacial score (nSPS) is 17.6. The van der Waals surface area contributed by atoms with Crippen molar-refractivity contribution in [2.45, 2.75) is 31.1 Å². The van der Waals surface area contributed by atoms with Crippen molar-refractivity contribution in [3.8, 4) is 10.6 Å². The molecule has 0 saturated carbocycles. The molecule has 6 heteroatoms. The molecule has 1 atom stereocenters. The monoisotopic (exact) mass is 407 g/mol. The highest BCUT2D eigenvalue weighted by atomic mass is 32.2. The SMILES string of the molecule is Cc1csc(-c2ccc3c(c2)CC(C(=O)N2CCc4ccc(SN)cc42)C3)n1. The van der Waals surface area contributed by atoms with Crippen LogP contribution in [0.2, 0.25) is 0 Å². The quantitative estimate of drug-likeness (QED) is 0.654. The summed E-state index contributed by atoms with van der Waals surface area (Å²) in [4.78, 5) is 20.9. The third kappa shape index (κ3) is 3.05. The van der Waals surface area contributed by atoms with Crippen LogP contribution in [0.5, 0.6) is 0 Å². The molecule has 2 N–H and O–H groups in total. The van der Waals surface area contributed by atoms with Crippen LogP contribution < -0.4 is 10.0 Å². The topological polar surface area (TPSA) is 59.2 Å². The zero-order chi connectivity index (χ0) is 19.3. The molecule has 0 radical (unpaired) electrons. The van der Waals surface area contributed by atoms with Gasteiger partial charge in [-0.2, -0.15) is 0 Å². The molecule has 142 valence electrons. The highest BCUT2D eigenvalue weighted by Crippen LogP contribution is 2.36. The van der Waals surface area contributed by atoms with Crippen LogP contribution >= 0.6 is 23.3 Å². The van der Waals surface area contributed by atoms with Crippen LogP contribution in [0.4, 0.5) is 5.69 Å². The number of thiazole rings is 1. The summed E-state index contributed by atoms with van der Waals surface area (Å²) in [5.41, 5.74) is 7.06. The molecule has 2 heterocycles. The van der Waals surface area contributed by atoms with Gasteiger partial charge in [-0.3, -0.25) is 9.93 Å². The molecule has 5 rings (SSSR count). The second-order valence-electron chi connectivity index (χ2n) is 7.53. The Balaban J connectivity index is 1.38. The van der Waals surface area contributed by atoms with E-state index in [1.165, 1.54) is 28.6 Å². The van der Waals surface area contributed by atoms with Crippen LogP contribution in [-0.4, -0.2) is 17.4 Å². The lowest BCUT2D eigenvalue weighted by atomic mass is 10.0. The van der Waals surface area contributed by atoms with E-state index in [1.54, 1.807) is 11.3 Å². The number of hydrogen-bond donors (Lipinski definition) is 1. The van der Waals surface area contributed by atoms with Crippen molar-refractivity contribution < 1.29 is 4.79 Å². The van der Waals surface area contributed by atoms with E-state index in [2.05, 4.69) is 40.7 Å². The lowest BCUT2D eigenvalue weighted by Gasteiger charge is -2.21. The van der Waals surface area contributed by atoms with Crippen molar-refractivity contribution in [3.05, 3.63) is 64.2 Å². The Kier molecular flexibility index (Phi) is 4.50. The van der Waals surface area contributed by atoms with Gasteiger partial charge in [0.2, 0.25) is 5.91 Å². The van der Waals surface area contributed by atoms with Gasteiger partial charge in [-0.1, -0.05) is 18.2 Å². The van der Waals surface area contributed by atoms with Gasteiger partial charge in [0.05, 0.1) is 0 Å². The zero-order valence-electron chi connectivity index (χ0n) is 15.6. The first-order valence-corrected chi connectivity index (χ1v) is 11.2. The molecule has 0 fully saturated rings. The average molecular weight is 408 g/mol. The summed E-state index contributed by atoms with van der Waals surface area (Å²) >= 11 is 2.90. The van der Waals surface area contributed by atoms with Crippen molar-refractivity contribution >= 4 is 34.9 Å². The van der Waals surface area contributed by atoms with E-state index in [9.17, 15) is 4.79 Å². The largest absolute Gasteiger partial charge is 0.312 e. The molecule has 1 amide bonds. The molecule has 1 aromatic heterocycles. The molecular weight excluding hydrogens is 386 g/mol. The number of nitrogens with two attached hydrogens (primary N) is 1. The summed E-state index contributed by atoms with van der Waals surface area (Å²) in [7, 11) is 0. The van der Waals surface area contributed by atoms with Crippen LogP contribution in [0, 0.1) is 12.8 Å². The van der Waals surface area contributed by atoms with E-state index in [-0.39, 0.29) is 11.8 Å². The van der Waals surface area contributed by atoms with Crippen molar-refractivity contribution in [3.63, 3.8) is 0 Å². The second-order valence-corrected chi connectivity index (χ2v) is 9.10. The van der Waals surface area contributed by atoms with Crippen molar-refractivity contribution in [1.29, 1.82) is 0 Å². The maximum atomic E-state index is 13.3. The number of nitrogens with zero attached hydrogens (tertiary/aromatic N) is 2. The first-order valence-electron chi connectivity index (χ1n) is 9.48. The number of amides is 1. The van der Waals surface area contributed by atoms with Crippen LogP contribution in [0.25, 0.3) is 10.6 Å². The van der Waals surface area contributed by atoms with Crippen LogP contribution in [-0.2, 0) is 24.1 Å². The molecule has 3 aromatic rings. The van der Waals surface area contributed by atoms with Gasteiger partial charge in [0.15, 0.2) is 0 Å². The molecule has 1 aliphatic carbocycles. The molecule has 1 unspecified atom stereocenters. The number of aromatic nitrogens is 1. The lowest BCUT2D eigenvalue weighted by Crippen LogP contribution is -2.35. The Labute approximate surface area is 172 Å². The Morgan fingerprint density at radius 2 is 2.00 bits per heavy atom. The molecule has 0 bridgehead atoms. The number of fused-ring (bicyclic) bond motifs is 2. The van der Waals surface area contributed by atoms with E-state index in [1.807, 2.05) is 17.9 Å². The molecule has 2 aromatic carbocycles. The van der Waals surface area contributed by atoms with Gasteiger partial charge in [-0.15, -0.1) is 11.3 Å². The number of aryl methyl sites for hydroxylation is 1. The van der Waals surface area contributed by atoms with Crippen molar-refractivity contribution in [2.24, 2.45) is 11.1 Å². The third-order valence-corrected chi connectivity index (χ3v) is 7.24. The number of hydrogen-bond acceptors (Lipinski definition) is 5. The van der Waals surface area contributed by atoms with Crippen LogP contribution in [0.3, 0.4) is 0 Å². The Morgan fingerprint density at radius 1 is 1.18 bits per heavy atom. The Hall–Kier alpha value is -2.15. The fraction of sp³-hybridized carbons (Fsp3) is 0.273. The first kappa shape index (κ1) is 17.9. The number of benzene rings is 2. The summed E-state index contributed by atoms with van der Waals surface area (Å²) in [5, 5.41) is 8.85. The molecule has 1 aliphatic heterocycles. The Bertz CT molecular complexity index is 1080. The highest BCUT2D eigenvalue weighted by molar-refractivity contribution is 7.97. The van der Waals surface area contributed by atoms with Crippen molar-refractivity contribution in [2.75, 3.05) is 11.4 Å². The minimum Gasteiger partial charge on any atom is -0.312 e. The fourth-order valence-corrected chi connectivity index (χ4v) is 5.41. The number of rotatable bonds is 3. The van der Waals surface area contributed by atoms with E-state index in [0.717, 1.165) is 52.7 Å². The standard InChI is InChI=1S/C22H21N3OS2/c1-13-12-27-21(24-13)16-3-2-15-8-18(10-17(15)9-16)22(26)25-7-6-14-4-5-19(28-23)11-20(14)25/h2-5,9,11-12,18H,6-8,10,23H2,1H3. The van der Waals surface area contributed by atoms with Crippen LogP contribution in [0.15, 0.2) is 46.7 Å². The van der Waals surface area contributed by atoms with Gasteiger partial charge in [-0.25, -0.2) is 4.98 Å². The number of carbonyl (C=O) groups is 1. The number of anilines is 1. The Morgan fingerprint density at radius 3 is 2.79 bits per heavy atom. The van der Waals surface area contributed by atoms with E-state index >= 15 is 0 Å². The predicted molar refractivity (Wildman–Crippen MR) is 116 cm³/mol. The summed E-state index contributed by atoms with van der Waals surface area (Å²) in [5.74, 6) is 0.254. The highest BCUT2D eigenvalue weighted by Gasteiger charge is 2.34. The summed E-state index contributed by atoms with van der Waals surface area (Å²) in [6.45, 7) is 2.79. The summed E-state index contributed by atoms with van der Waals surface area (Å²) in [6.07, 6.45) is 2.55. The number of carbonyl (C=O) groups excluding carboxylic acids is 1. The van der Waals surface area contributed by atoms with Gasteiger partial charge >= 0.3 is 0 Å². The summed E-state index contributed by atoms with van der Waals surface area (Å²) < 4.78 is 0.